The first-order valence-corrected chi connectivity index (χ1v) is 5.59. The van der Waals surface area contributed by atoms with Crippen molar-refractivity contribution in [2.75, 3.05) is 13.1 Å². The fourth-order valence-corrected chi connectivity index (χ4v) is 1.65. The molecule has 4 nitrogen and oxygen atoms in total. The van der Waals surface area contributed by atoms with E-state index in [2.05, 4.69) is 10.9 Å². The summed E-state index contributed by atoms with van der Waals surface area (Å²) in [6.07, 6.45) is 9.02. The van der Waals surface area contributed by atoms with Crippen molar-refractivity contribution in [2.45, 2.75) is 12.8 Å². The molecule has 1 fully saturated rings. The lowest BCUT2D eigenvalue weighted by Gasteiger charge is -2.19. The summed E-state index contributed by atoms with van der Waals surface area (Å²) in [7, 11) is 0. The van der Waals surface area contributed by atoms with Crippen LogP contribution in [0.5, 0.6) is 5.75 Å². The average Bonchev–Trinajstić information content (AvgIpc) is 3.12. The van der Waals surface area contributed by atoms with Crippen LogP contribution in [-0.4, -0.2) is 34.0 Å². The predicted octanol–water partition coefficient (Wildman–Crippen LogP) is 1.27. The second kappa shape index (κ2) is 4.88. The van der Waals surface area contributed by atoms with Crippen molar-refractivity contribution < 1.29 is 9.90 Å². The molecule has 0 unspecified atom stereocenters. The Hall–Kier alpha value is -2.02. The van der Waals surface area contributed by atoms with Gasteiger partial charge in [-0.05, 0) is 30.9 Å². The van der Waals surface area contributed by atoms with E-state index in [-0.39, 0.29) is 23.9 Å². The monoisotopic (exact) mass is 230 g/mol. The maximum atomic E-state index is 12.1. The van der Waals surface area contributed by atoms with Gasteiger partial charge in [0, 0.05) is 12.7 Å². The van der Waals surface area contributed by atoms with Crippen LogP contribution < -0.4 is 0 Å². The van der Waals surface area contributed by atoms with Crippen LogP contribution in [0.1, 0.15) is 23.3 Å². The Balaban J connectivity index is 2.15. The zero-order valence-electron chi connectivity index (χ0n) is 9.47. The third kappa shape index (κ3) is 2.76. The van der Waals surface area contributed by atoms with E-state index >= 15 is 0 Å². The van der Waals surface area contributed by atoms with Crippen molar-refractivity contribution >= 4 is 5.91 Å². The molecule has 0 radical (unpaired) electrons. The second-order valence-electron chi connectivity index (χ2n) is 4.20. The fraction of sp³-hybridized carbons (Fsp3) is 0.385. The Morgan fingerprint density at radius 3 is 3.00 bits per heavy atom. The molecule has 1 aliphatic carbocycles. The lowest BCUT2D eigenvalue weighted by atomic mass is 10.2. The molecule has 1 saturated carbocycles. The van der Waals surface area contributed by atoms with Crippen LogP contribution in [0, 0.1) is 18.3 Å². The number of amides is 1. The third-order valence-electron chi connectivity index (χ3n) is 2.73. The van der Waals surface area contributed by atoms with Crippen molar-refractivity contribution in [3.05, 3.63) is 24.0 Å². The number of hydrogen-bond donors (Lipinski definition) is 1. The van der Waals surface area contributed by atoms with E-state index in [1.165, 1.54) is 12.3 Å². The van der Waals surface area contributed by atoms with E-state index < -0.39 is 0 Å². The molecule has 1 aromatic rings. The van der Waals surface area contributed by atoms with Gasteiger partial charge >= 0.3 is 0 Å². The highest BCUT2D eigenvalue weighted by atomic mass is 16.3. The van der Waals surface area contributed by atoms with Crippen LogP contribution >= 0.6 is 0 Å². The highest BCUT2D eigenvalue weighted by Crippen LogP contribution is 2.30. The van der Waals surface area contributed by atoms with Crippen molar-refractivity contribution in [2.24, 2.45) is 5.92 Å². The first kappa shape index (κ1) is 11.5. The first-order valence-electron chi connectivity index (χ1n) is 5.59. The molecular formula is C13H14N2O2. The van der Waals surface area contributed by atoms with Gasteiger partial charge in [0.05, 0.1) is 6.54 Å². The zero-order valence-corrected chi connectivity index (χ0v) is 9.47. The van der Waals surface area contributed by atoms with Gasteiger partial charge in [-0.25, -0.2) is 4.98 Å². The second-order valence-corrected chi connectivity index (χ2v) is 4.20. The van der Waals surface area contributed by atoms with Crippen molar-refractivity contribution in [1.29, 1.82) is 0 Å². The number of aromatic hydroxyl groups is 1. The predicted molar refractivity (Wildman–Crippen MR) is 63.4 cm³/mol. The topological polar surface area (TPSA) is 53.4 Å². The Morgan fingerprint density at radius 1 is 1.65 bits per heavy atom. The van der Waals surface area contributed by atoms with Crippen LogP contribution in [0.2, 0.25) is 0 Å². The summed E-state index contributed by atoms with van der Waals surface area (Å²) < 4.78 is 0. The van der Waals surface area contributed by atoms with Gasteiger partial charge < -0.3 is 10.0 Å². The number of rotatable bonds is 4. The minimum Gasteiger partial charge on any atom is -0.505 e. The van der Waals surface area contributed by atoms with Crippen molar-refractivity contribution in [1.82, 2.24) is 9.88 Å². The number of hydrogen-bond acceptors (Lipinski definition) is 3. The Bertz CT molecular complexity index is 461. The lowest BCUT2D eigenvalue weighted by Crippen LogP contribution is -2.33. The number of pyridine rings is 1. The van der Waals surface area contributed by atoms with E-state index in [1.54, 1.807) is 11.0 Å². The molecule has 0 spiro atoms. The molecule has 17 heavy (non-hydrogen) atoms. The molecule has 2 rings (SSSR count). The van der Waals surface area contributed by atoms with Crippen LogP contribution in [0.15, 0.2) is 18.3 Å². The number of carbonyl (C=O) groups is 1. The fourth-order valence-electron chi connectivity index (χ4n) is 1.65. The summed E-state index contributed by atoms with van der Waals surface area (Å²) in [4.78, 5) is 17.6. The third-order valence-corrected chi connectivity index (χ3v) is 2.73. The summed E-state index contributed by atoms with van der Waals surface area (Å²) >= 11 is 0. The van der Waals surface area contributed by atoms with Crippen molar-refractivity contribution in [3.63, 3.8) is 0 Å². The van der Waals surface area contributed by atoms with Crippen LogP contribution in [-0.2, 0) is 0 Å². The Kier molecular flexibility index (Phi) is 3.29. The smallest absolute Gasteiger partial charge is 0.277 e. The minimum atomic E-state index is -0.298. The molecule has 1 aliphatic rings. The van der Waals surface area contributed by atoms with E-state index in [4.69, 9.17) is 6.42 Å². The molecule has 1 heterocycles. The molecular weight excluding hydrogens is 216 g/mol. The van der Waals surface area contributed by atoms with Gasteiger partial charge in [-0.2, -0.15) is 0 Å². The molecule has 88 valence electrons. The summed E-state index contributed by atoms with van der Waals surface area (Å²) in [5.74, 6) is 2.62. The van der Waals surface area contributed by atoms with Gasteiger partial charge in [-0.1, -0.05) is 5.92 Å². The molecule has 4 heteroatoms. The molecule has 0 aromatic carbocycles. The normalized spacial score (nSPS) is 14.1. The molecule has 1 N–H and O–H groups in total. The number of nitrogens with zero attached hydrogens (tertiary/aromatic N) is 2. The summed E-state index contributed by atoms with van der Waals surface area (Å²) in [5.41, 5.74) is 0.0726. The number of aromatic nitrogens is 1. The first-order chi connectivity index (χ1) is 8.22. The minimum absolute atomic E-state index is 0.0726. The number of carbonyl (C=O) groups excluding carboxylic acids is 1. The van der Waals surface area contributed by atoms with E-state index in [1.807, 2.05) is 0 Å². The largest absolute Gasteiger partial charge is 0.505 e. The summed E-state index contributed by atoms with van der Waals surface area (Å²) in [6, 6.07) is 3.03. The van der Waals surface area contributed by atoms with Gasteiger partial charge in [0.15, 0.2) is 5.69 Å². The molecule has 1 amide bonds. The maximum Gasteiger partial charge on any atom is 0.277 e. The lowest BCUT2D eigenvalue weighted by molar-refractivity contribution is 0.0760. The summed E-state index contributed by atoms with van der Waals surface area (Å²) in [6.45, 7) is 0.907. The van der Waals surface area contributed by atoms with Crippen molar-refractivity contribution in [3.8, 4) is 18.1 Å². The van der Waals surface area contributed by atoms with Gasteiger partial charge in [-0.15, -0.1) is 6.42 Å². The maximum absolute atomic E-state index is 12.1. The summed E-state index contributed by atoms with van der Waals surface area (Å²) in [5, 5.41) is 9.59. The Labute approximate surface area is 100 Å². The standard InChI is InChI=1S/C13H14N2O2/c1-2-8-15(9-10-5-6-10)13(17)12-11(16)4-3-7-14-12/h1,3-4,7,10,16H,5-6,8-9H2. The molecule has 0 aliphatic heterocycles. The van der Waals surface area contributed by atoms with E-state index in [9.17, 15) is 9.90 Å². The number of terminal acetylenes is 1. The Morgan fingerprint density at radius 2 is 2.41 bits per heavy atom. The van der Waals surface area contributed by atoms with E-state index in [0.717, 1.165) is 12.8 Å². The zero-order chi connectivity index (χ0) is 12.3. The molecule has 0 atom stereocenters. The van der Waals surface area contributed by atoms with Crippen LogP contribution in [0.4, 0.5) is 0 Å². The van der Waals surface area contributed by atoms with Crippen LogP contribution in [0.3, 0.4) is 0 Å². The highest BCUT2D eigenvalue weighted by Gasteiger charge is 2.28. The average molecular weight is 230 g/mol. The van der Waals surface area contributed by atoms with Gasteiger partial charge in [0.2, 0.25) is 0 Å². The van der Waals surface area contributed by atoms with Gasteiger partial charge in [0.1, 0.15) is 5.75 Å². The highest BCUT2D eigenvalue weighted by molar-refractivity contribution is 5.94. The quantitative estimate of drug-likeness (QED) is 0.792. The van der Waals surface area contributed by atoms with E-state index in [0.29, 0.717) is 12.5 Å². The molecule has 1 aromatic heterocycles. The van der Waals surface area contributed by atoms with Crippen LogP contribution in [0.25, 0.3) is 0 Å². The van der Waals surface area contributed by atoms with Gasteiger partial charge in [-0.3, -0.25) is 4.79 Å². The molecule has 0 bridgehead atoms. The SMILES string of the molecule is C#CCN(CC1CC1)C(=O)c1ncccc1O. The molecule has 0 saturated heterocycles. The van der Waals surface area contributed by atoms with Gasteiger partial charge in [0.25, 0.3) is 5.91 Å².